The molecule has 0 radical (unpaired) electrons. The lowest BCUT2D eigenvalue weighted by molar-refractivity contribution is 0.0531. The lowest BCUT2D eigenvalue weighted by Gasteiger charge is -2.06. The van der Waals surface area contributed by atoms with Gasteiger partial charge in [0, 0.05) is 5.56 Å². The van der Waals surface area contributed by atoms with Gasteiger partial charge < -0.3 is 10.1 Å². The van der Waals surface area contributed by atoms with Crippen LogP contribution < -0.4 is 5.32 Å². The number of carbonyl (C=O) groups excluding carboxylic acids is 1. The summed E-state index contributed by atoms with van der Waals surface area (Å²) in [5, 5.41) is 12.8. The van der Waals surface area contributed by atoms with Gasteiger partial charge in [0.25, 0.3) is 0 Å². The van der Waals surface area contributed by atoms with Crippen molar-refractivity contribution in [3.05, 3.63) is 52.7 Å². The molecule has 8 heteroatoms. The maximum atomic E-state index is 11.9. The van der Waals surface area contributed by atoms with Gasteiger partial charge >= 0.3 is 5.97 Å². The molecule has 0 saturated carbocycles. The van der Waals surface area contributed by atoms with Crippen LogP contribution in [-0.4, -0.2) is 27.5 Å². The summed E-state index contributed by atoms with van der Waals surface area (Å²) in [5.41, 5.74) is 2.30. The fourth-order valence-electron chi connectivity index (χ4n) is 2.27. The van der Waals surface area contributed by atoms with E-state index in [1.165, 1.54) is 17.5 Å². The van der Waals surface area contributed by atoms with Crippen molar-refractivity contribution in [1.29, 1.82) is 5.26 Å². The second-order valence-corrected chi connectivity index (χ2v) is 6.21. The summed E-state index contributed by atoms with van der Waals surface area (Å²) in [5.74, 6) is -0.103. The number of anilines is 2. The number of aryl methyl sites for hydroxylation is 1. The van der Waals surface area contributed by atoms with Crippen LogP contribution >= 0.6 is 11.3 Å². The average molecular weight is 365 g/mol. The molecule has 1 N–H and O–H groups in total. The van der Waals surface area contributed by atoms with Gasteiger partial charge in [0.05, 0.1) is 29.8 Å². The Morgan fingerprint density at radius 1 is 1.31 bits per heavy atom. The zero-order valence-electron chi connectivity index (χ0n) is 14.2. The molecular formula is C18H15N5O2S. The van der Waals surface area contributed by atoms with Crippen LogP contribution in [0.3, 0.4) is 0 Å². The van der Waals surface area contributed by atoms with E-state index in [1.807, 2.05) is 30.3 Å². The monoisotopic (exact) mass is 365 g/mol. The number of ether oxygens (including phenoxy) is 1. The molecule has 0 aliphatic heterocycles. The van der Waals surface area contributed by atoms with Crippen molar-refractivity contribution in [2.24, 2.45) is 0 Å². The molecule has 130 valence electrons. The van der Waals surface area contributed by atoms with E-state index in [-0.39, 0.29) is 0 Å². The lowest BCUT2D eigenvalue weighted by Crippen LogP contribution is -2.03. The van der Waals surface area contributed by atoms with Crippen molar-refractivity contribution >= 4 is 28.4 Å². The third kappa shape index (κ3) is 3.68. The second kappa shape index (κ2) is 7.72. The van der Waals surface area contributed by atoms with Crippen LogP contribution in [0, 0.1) is 18.3 Å². The van der Waals surface area contributed by atoms with E-state index in [1.54, 1.807) is 13.8 Å². The molecule has 0 aliphatic carbocycles. The zero-order valence-corrected chi connectivity index (χ0v) is 15.0. The van der Waals surface area contributed by atoms with E-state index in [4.69, 9.17) is 4.74 Å². The fraction of sp³-hybridized carbons (Fsp3) is 0.167. The Kier molecular flexibility index (Phi) is 5.20. The minimum atomic E-state index is -0.402. The quantitative estimate of drug-likeness (QED) is 0.688. The van der Waals surface area contributed by atoms with Crippen molar-refractivity contribution < 1.29 is 9.53 Å². The molecule has 0 spiro atoms. The van der Waals surface area contributed by atoms with E-state index in [0.29, 0.717) is 39.5 Å². The Balaban J connectivity index is 1.91. The summed E-state index contributed by atoms with van der Waals surface area (Å²) in [6.45, 7) is 3.80. The zero-order chi connectivity index (χ0) is 18.5. The summed E-state index contributed by atoms with van der Waals surface area (Å²) < 4.78 is 5.02. The Labute approximate surface area is 154 Å². The predicted octanol–water partition coefficient (Wildman–Crippen LogP) is 3.70. The molecule has 0 unspecified atom stereocenters. The van der Waals surface area contributed by atoms with Crippen LogP contribution in [-0.2, 0) is 4.74 Å². The SMILES string of the molecule is CCOC(=O)c1sc(Nc2ncc(C#N)c(-c3ccccc3)n2)nc1C. The van der Waals surface area contributed by atoms with E-state index < -0.39 is 5.97 Å². The van der Waals surface area contributed by atoms with Crippen molar-refractivity contribution in [1.82, 2.24) is 15.0 Å². The molecule has 0 amide bonds. The minimum Gasteiger partial charge on any atom is -0.462 e. The number of nitrogens with zero attached hydrogens (tertiary/aromatic N) is 4. The van der Waals surface area contributed by atoms with Gasteiger partial charge in [0.15, 0.2) is 5.13 Å². The highest BCUT2D eigenvalue weighted by molar-refractivity contribution is 7.17. The molecule has 1 aromatic carbocycles. The van der Waals surface area contributed by atoms with Crippen molar-refractivity contribution in [3.63, 3.8) is 0 Å². The van der Waals surface area contributed by atoms with Crippen LogP contribution in [0.15, 0.2) is 36.5 Å². The highest BCUT2D eigenvalue weighted by Gasteiger charge is 2.17. The number of hydrogen-bond donors (Lipinski definition) is 1. The number of nitriles is 1. The molecule has 0 fully saturated rings. The Morgan fingerprint density at radius 3 is 2.77 bits per heavy atom. The number of nitrogens with one attached hydrogen (secondary N) is 1. The van der Waals surface area contributed by atoms with Gasteiger partial charge in [-0.2, -0.15) is 5.26 Å². The van der Waals surface area contributed by atoms with E-state index in [9.17, 15) is 10.1 Å². The third-order valence-corrected chi connectivity index (χ3v) is 4.49. The van der Waals surface area contributed by atoms with E-state index >= 15 is 0 Å². The number of rotatable bonds is 5. The summed E-state index contributed by atoms with van der Waals surface area (Å²) in [4.78, 5) is 25.3. The summed E-state index contributed by atoms with van der Waals surface area (Å²) in [6, 6.07) is 11.5. The van der Waals surface area contributed by atoms with Gasteiger partial charge in [-0.3, -0.25) is 0 Å². The molecule has 0 aliphatic rings. The second-order valence-electron chi connectivity index (χ2n) is 5.21. The molecule has 0 saturated heterocycles. The van der Waals surface area contributed by atoms with Gasteiger partial charge in [-0.15, -0.1) is 0 Å². The molecular weight excluding hydrogens is 350 g/mol. The van der Waals surface area contributed by atoms with Crippen LogP contribution in [0.1, 0.15) is 27.9 Å². The summed E-state index contributed by atoms with van der Waals surface area (Å²) in [6.07, 6.45) is 1.46. The summed E-state index contributed by atoms with van der Waals surface area (Å²) in [7, 11) is 0. The first-order valence-electron chi connectivity index (χ1n) is 7.86. The smallest absolute Gasteiger partial charge is 0.350 e. The van der Waals surface area contributed by atoms with Crippen molar-refractivity contribution in [3.8, 4) is 17.3 Å². The molecule has 7 nitrogen and oxygen atoms in total. The van der Waals surface area contributed by atoms with Crippen LogP contribution in [0.2, 0.25) is 0 Å². The maximum Gasteiger partial charge on any atom is 0.350 e. The molecule has 2 aromatic heterocycles. The van der Waals surface area contributed by atoms with Gasteiger partial charge in [-0.05, 0) is 13.8 Å². The van der Waals surface area contributed by atoms with Crippen LogP contribution in [0.4, 0.5) is 11.1 Å². The lowest BCUT2D eigenvalue weighted by atomic mass is 10.1. The van der Waals surface area contributed by atoms with Gasteiger partial charge in [-0.1, -0.05) is 41.7 Å². The number of benzene rings is 1. The first kappa shape index (κ1) is 17.5. The van der Waals surface area contributed by atoms with E-state index in [0.717, 1.165) is 5.56 Å². The van der Waals surface area contributed by atoms with Crippen molar-refractivity contribution in [2.45, 2.75) is 13.8 Å². The molecule has 26 heavy (non-hydrogen) atoms. The maximum absolute atomic E-state index is 11.9. The fourth-order valence-corrected chi connectivity index (χ4v) is 3.13. The first-order valence-corrected chi connectivity index (χ1v) is 8.68. The highest BCUT2D eigenvalue weighted by atomic mass is 32.1. The summed E-state index contributed by atoms with van der Waals surface area (Å²) >= 11 is 1.17. The van der Waals surface area contributed by atoms with Gasteiger partial charge in [-0.25, -0.2) is 19.7 Å². The third-order valence-electron chi connectivity index (χ3n) is 3.43. The predicted molar refractivity (Wildman–Crippen MR) is 98.3 cm³/mol. The standard InChI is InChI=1S/C18H15N5O2S/c1-3-25-16(24)15-11(2)21-18(26-15)23-17-20-10-13(9-19)14(22-17)12-7-5-4-6-8-12/h4-8,10H,3H2,1-2H3,(H,20,21,22,23). The van der Waals surface area contributed by atoms with Gasteiger partial charge in [0.2, 0.25) is 5.95 Å². The number of carbonyl (C=O) groups is 1. The molecule has 0 bridgehead atoms. The Bertz CT molecular complexity index is 979. The molecule has 2 heterocycles. The van der Waals surface area contributed by atoms with Crippen LogP contribution in [0.5, 0.6) is 0 Å². The molecule has 3 aromatic rings. The Morgan fingerprint density at radius 2 is 2.08 bits per heavy atom. The Hall–Kier alpha value is -3.31. The molecule has 0 atom stereocenters. The number of hydrogen-bond acceptors (Lipinski definition) is 8. The number of esters is 1. The van der Waals surface area contributed by atoms with Gasteiger partial charge in [0.1, 0.15) is 10.9 Å². The largest absolute Gasteiger partial charge is 0.462 e. The normalized spacial score (nSPS) is 10.2. The van der Waals surface area contributed by atoms with Crippen molar-refractivity contribution in [2.75, 3.05) is 11.9 Å². The first-order chi connectivity index (χ1) is 12.6. The average Bonchev–Trinajstić information content (AvgIpc) is 3.03. The number of aromatic nitrogens is 3. The van der Waals surface area contributed by atoms with E-state index in [2.05, 4.69) is 26.3 Å². The topological polar surface area (TPSA) is 101 Å². The number of thiazole rings is 1. The van der Waals surface area contributed by atoms with Crippen LogP contribution in [0.25, 0.3) is 11.3 Å². The minimum absolute atomic E-state index is 0.298. The highest BCUT2D eigenvalue weighted by Crippen LogP contribution is 2.27. The molecule has 3 rings (SSSR count).